The molecule has 0 aliphatic carbocycles. The number of methoxy groups -OCH3 is 2. The van der Waals surface area contributed by atoms with Crippen molar-refractivity contribution in [3.63, 3.8) is 0 Å². The van der Waals surface area contributed by atoms with Crippen LogP contribution in [0.1, 0.15) is 30.0 Å². The summed E-state index contributed by atoms with van der Waals surface area (Å²) in [5, 5.41) is 3.76. The van der Waals surface area contributed by atoms with Crippen LogP contribution in [0.25, 0.3) is 0 Å². The molecule has 144 valence electrons. The summed E-state index contributed by atoms with van der Waals surface area (Å²) < 4.78 is 10.5. The number of nitrogens with zero attached hydrogens (tertiary/aromatic N) is 1. The quantitative estimate of drug-likeness (QED) is 0.783. The van der Waals surface area contributed by atoms with Crippen molar-refractivity contribution in [3.8, 4) is 11.5 Å². The van der Waals surface area contributed by atoms with Crippen LogP contribution in [0.15, 0.2) is 42.5 Å². The molecular weight excluding hydrogens is 364 g/mol. The van der Waals surface area contributed by atoms with Crippen LogP contribution in [0.4, 0.5) is 0 Å². The second kappa shape index (κ2) is 9.11. The number of likely N-dealkylation sites (tertiary alicyclic amines) is 1. The third-order valence-electron chi connectivity index (χ3n) is 4.91. The van der Waals surface area contributed by atoms with Gasteiger partial charge in [-0.05, 0) is 48.7 Å². The third kappa shape index (κ3) is 4.73. The second-order valence-corrected chi connectivity index (χ2v) is 7.02. The van der Waals surface area contributed by atoms with Gasteiger partial charge in [-0.15, -0.1) is 0 Å². The Morgan fingerprint density at radius 2 is 1.96 bits per heavy atom. The number of rotatable bonds is 7. The van der Waals surface area contributed by atoms with Crippen molar-refractivity contribution in [1.82, 2.24) is 10.2 Å². The van der Waals surface area contributed by atoms with E-state index in [1.165, 1.54) is 0 Å². The summed E-state index contributed by atoms with van der Waals surface area (Å²) >= 11 is 6.35. The van der Waals surface area contributed by atoms with Crippen molar-refractivity contribution >= 4 is 17.5 Å². The number of ether oxygens (including phenoxy) is 2. The maximum Gasteiger partial charge on any atom is 0.234 e. The van der Waals surface area contributed by atoms with E-state index in [0.717, 1.165) is 35.5 Å². The number of amides is 1. The molecule has 0 aromatic heterocycles. The van der Waals surface area contributed by atoms with E-state index in [2.05, 4.69) is 10.2 Å². The summed E-state index contributed by atoms with van der Waals surface area (Å²) in [6.45, 7) is 1.71. The Morgan fingerprint density at radius 3 is 2.70 bits per heavy atom. The van der Waals surface area contributed by atoms with Crippen LogP contribution >= 0.6 is 11.6 Å². The molecule has 0 radical (unpaired) electrons. The predicted molar refractivity (Wildman–Crippen MR) is 106 cm³/mol. The Balaban J connectivity index is 1.58. The van der Waals surface area contributed by atoms with Gasteiger partial charge in [-0.3, -0.25) is 9.69 Å². The topological polar surface area (TPSA) is 50.8 Å². The average Bonchev–Trinajstić information content (AvgIpc) is 3.14. The lowest BCUT2D eigenvalue weighted by Crippen LogP contribution is -2.36. The van der Waals surface area contributed by atoms with Gasteiger partial charge in [-0.2, -0.15) is 0 Å². The summed E-state index contributed by atoms with van der Waals surface area (Å²) in [7, 11) is 3.20. The first kappa shape index (κ1) is 19.5. The molecule has 5 nitrogen and oxygen atoms in total. The van der Waals surface area contributed by atoms with Crippen LogP contribution in [0.5, 0.6) is 11.5 Å². The van der Waals surface area contributed by atoms with E-state index < -0.39 is 0 Å². The van der Waals surface area contributed by atoms with Gasteiger partial charge >= 0.3 is 0 Å². The molecule has 1 N–H and O–H groups in total. The smallest absolute Gasteiger partial charge is 0.234 e. The summed E-state index contributed by atoms with van der Waals surface area (Å²) in [6.07, 6.45) is 2.09. The van der Waals surface area contributed by atoms with Crippen LogP contribution in [0, 0.1) is 0 Å². The monoisotopic (exact) mass is 388 g/mol. The molecule has 1 aliphatic rings. The van der Waals surface area contributed by atoms with Gasteiger partial charge in [0.15, 0.2) is 11.5 Å². The zero-order valence-electron chi connectivity index (χ0n) is 15.7. The van der Waals surface area contributed by atoms with Gasteiger partial charge < -0.3 is 14.8 Å². The molecule has 1 saturated heterocycles. The van der Waals surface area contributed by atoms with Gasteiger partial charge in [-0.1, -0.05) is 35.9 Å². The molecule has 1 fully saturated rings. The molecular formula is C21H25ClN2O3. The van der Waals surface area contributed by atoms with Crippen LogP contribution in [0.3, 0.4) is 0 Å². The van der Waals surface area contributed by atoms with Crippen molar-refractivity contribution in [3.05, 3.63) is 58.6 Å². The minimum Gasteiger partial charge on any atom is -0.493 e. The number of carbonyl (C=O) groups is 1. The molecule has 1 amide bonds. The predicted octanol–water partition coefficient (Wildman–Crippen LogP) is 3.81. The van der Waals surface area contributed by atoms with E-state index >= 15 is 0 Å². The normalized spacial score (nSPS) is 16.9. The lowest BCUT2D eigenvalue weighted by atomic mass is 10.0. The molecule has 1 aliphatic heterocycles. The fourth-order valence-corrected chi connectivity index (χ4v) is 3.81. The molecule has 0 saturated carbocycles. The average molecular weight is 389 g/mol. The molecule has 2 aromatic carbocycles. The molecule has 3 rings (SSSR count). The van der Waals surface area contributed by atoms with E-state index in [4.69, 9.17) is 21.1 Å². The fourth-order valence-electron chi connectivity index (χ4n) is 3.54. The molecule has 1 atom stereocenters. The number of carbonyl (C=O) groups excluding carboxylic acids is 1. The van der Waals surface area contributed by atoms with Gasteiger partial charge in [0.25, 0.3) is 0 Å². The van der Waals surface area contributed by atoms with Gasteiger partial charge in [0, 0.05) is 17.6 Å². The number of nitrogens with one attached hydrogen (secondary N) is 1. The van der Waals surface area contributed by atoms with E-state index in [1.54, 1.807) is 14.2 Å². The highest BCUT2D eigenvalue weighted by Crippen LogP contribution is 2.35. The molecule has 2 aromatic rings. The molecule has 6 heteroatoms. The highest BCUT2D eigenvalue weighted by Gasteiger charge is 2.28. The van der Waals surface area contributed by atoms with Gasteiger partial charge in [0.2, 0.25) is 5.91 Å². The SMILES string of the molecule is COc1ccc(CNC(=O)CN2CCCC2c2ccccc2Cl)cc1OC. The zero-order chi connectivity index (χ0) is 19.2. The standard InChI is InChI=1S/C21H25ClN2O3/c1-26-19-10-9-15(12-20(19)27-2)13-23-21(25)14-24-11-5-8-18(24)16-6-3-4-7-17(16)22/h3-4,6-7,9-10,12,18H,5,8,11,13-14H2,1-2H3,(H,23,25). The Bertz CT molecular complexity index is 797. The minimum absolute atomic E-state index is 0.00346. The van der Waals surface area contributed by atoms with Crippen LogP contribution in [-0.4, -0.2) is 38.1 Å². The van der Waals surface area contributed by atoms with E-state index in [-0.39, 0.29) is 11.9 Å². The minimum atomic E-state index is 0.00346. The highest BCUT2D eigenvalue weighted by atomic mass is 35.5. The maximum atomic E-state index is 12.5. The first-order valence-electron chi connectivity index (χ1n) is 9.08. The van der Waals surface area contributed by atoms with Crippen molar-refractivity contribution in [2.75, 3.05) is 27.3 Å². The van der Waals surface area contributed by atoms with E-state index in [1.807, 2.05) is 42.5 Å². The lowest BCUT2D eigenvalue weighted by Gasteiger charge is -2.25. The molecule has 27 heavy (non-hydrogen) atoms. The van der Waals surface area contributed by atoms with Crippen LogP contribution in [0.2, 0.25) is 5.02 Å². The highest BCUT2D eigenvalue weighted by molar-refractivity contribution is 6.31. The second-order valence-electron chi connectivity index (χ2n) is 6.62. The molecule has 0 spiro atoms. The van der Waals surface area contributed by atoms with Crippen molar-refractivity contribution in [2.45, 2.75) is 25.4 Å². The first-order chi connectivity index (χ1) is 13.1. The molecule has 1 heterocycles. The summed E-state index contributed by atoms with van der Waals surface area (Å²) in [6, 6.07) is 13.7. The van der Waals surface area contributed by atoms with Crippen molar-refractivity contribution in [1.29, 1.82) is 0 Å². The number of benzene rings is 2. The Labute approximate surface area is 165 Å². The fraction of sp³-hybridized carbons (Fsp3) is 0.381. The van der Waals surface area contributed by atoms with E-state index in [9.17, 15) is 4.79 Å². The third-order valence-corrected chi connectivity index (χ3v) is 5.26. The summed E-state index contributed by atoms with van der Waals surface area (Å²) in [5.74, 6) is 1.33. The zero-order valence-corrected chi connectivity index (χ0v) is 16.5. The maximum absolute atomic E-state index is 12.5. The number of halogens is 1. The van der Waals surface area contributed by atoms with Gasteiger partial charge in [0.1, 0.15) is 0 Å². The molecule has 0 bridgehead atoms. The largest absolute Gasteiger partial charge is 0.493 e. The van der Waals surface area contributed by atoms with Gasteiger partial charge in [-0.25, -0.2) is 0 Å². The van der Waals surface area contributed by atoms with Crippen molar-refractivity contribution in [2.24, 2.45) is 0 Å². The Kier molecular flexibility index (Phi) is 6.58. The Morgan fingerprint density at radius 1 is 1.19 bits per heavy atom. The van der Waals surface area contributed by atoms with Crippen molar-refractivity contribution < 1.29 is 14.3 Å². The van der Waals surface area contributed by atoms with Crippen LogP contribution in [-0.2, 0) is 11.3 Å². The molecule has 1 unspecified atom stereocenters. The summed E-state index contributed by atoms with van der Waals surface area (Å²) in [4.78, 5) is 14.7. The van der Waals surface area contributed by atoms with Gasteiger partial charge in [0.05, 0.1) is 20.8 Å². The lowest BCUT2D eigenvalue weighted by molar-refractivity contribution is -0.122. The van der Waals surface area contributed by atoms with E-state index in [0.29, 0.717) is 24.6 Å². The Hall–Kier alpha value is -2.24. The first-order valence-corrected chi connectivity index (χ1v) is 9.46. The van der Waals surface area contributed by atoms with Crippen LogP contribution < -0.4 is 14.8 Å². The summed E-state index contributed by atoms with van der Waals surface area (Å²) in [5.41, 5.74) is 2.06. The number of hydrogen-bond donors (Lipinski definition) is 1. The number of hydrogen-bond acceptors (Lipinski definition) is 4.